The molecule has 0 radical (unpaired) electrons. The maximum atomic E-state index is 11.6. The minimum absolute atomic E-state index is 0.0337. The van der Waals surface area contributed by atoms with Crippen LogP contribution in [0.15, 0.2) is 24.3 Å². The number of non-ortho nitro benzene ring substituents is 1. The summed E-state index contributed by atoms with van der Waals surface area (Å²) in [5.74, 6) is -0.330. The van der Waals surface area contributed by atoms with Gasteiger partial charge in [-0.2, -0.15) is 0 Å². The Balaban J connectivity index is 2.38. The average Bonchev–Trinajstić information content (AvgIpc) is 2.79. The standard InChI is InChI=1S/C12H14N2O3/c13-11(15)12(7-1-2-8-12)9-3-5-10(6-4-9)14(16)17/h3-6H,1-2,7-8H2,(H2,13,15). The number of hydrogen-bond donors (Lipinski definition) is 1. The van der Waals surface area contributed by atoms with Crippen molar-refractivity contribution in [1.29, 1.82) is 0 Å². The highest BCUT2D eigenvalue weighted by atomic mass is 16.6. The highest BCUT2D eigenvalue weighted by molar-refractivity contribution is 5.87. The van der Waals surface area contributed by atoms with Gasteiger partial charge >= 0.3 is 0 Å². The lowest BCUT2D eigenvalue weighted by Crippen LogP contribution is -2.38. The summed E-state index contributed by atoms with van der Waals surface area (Å²) in [6.45, 7) is 0. The van der Waals surface area contributed by atoms with Crippen molar-refractivity contribution in [2.45, 2.75) is 31.1 Å². The molecule has 0 bridgehead atoms. The highest BCUT2D eigenvalue weighted by Gasteiger charge is 2.41. The average molecular weight is 234 g/mol. The van der Waals surface area contributed by atoms with Crippen molar-refractivity contribution >= 4 is 11.6 Å². The van der Waals surface area contributed by atoms with Crippen molar-refractivity contribution in [3.63, 3.8) is 0 Å². The van der Waals surface area contributed by atoms with Gasteiger partial charge in [-0.05, 0) is 18.4 Å². The molecule has 0 spiro atoms. The fourth-order valence-electron chi connectivity index (χ4n) is 2.56. The van der Waals surface area contributed by atoms with Crippen LogP contribution in [-0.4, -0.2) is 10.8 Å². The molecule has 0 aromatic heterocycles. The van der Waals surface area contributed by atoms with Gasteiger partial charge in [-0.15, -0.1) is 0 Å². The molecule has 0 aliphatic heterocycles. The van der Waals surface area contributed by atoms with Crippen LogP contribution in [0.2, 0.25) is 0 Å². The van der Waals surface area contributed by atoms with Crippen LogP contribution in [0, 0.1) is 10.1 Å². The Kier molecular flexibility index (Phi) is 2.83. The summed E-state index contributed by atoms with van der Waals surface area (Å²) in [4.78, 5) is 21.7. The number of carbonyl (C=O) groups excluding carboxylic acids is 1. The Morgan fingerprint density at radius 2 is 1.76 bits per heavy atom. The summed E-state index contributed by atoms with van der Waals surface area (Å²) in [5.41, 5.74) is 5.71. The van der Waals surface area contributed by atoms with E-state index >= 15 is 0 Å². The first-order chi connectivity index (χ1) is 8.06. The number of nitrogens with zero attached hydrogens (tertiary/aromatic N) is 1. The lowest BCUT2D eigenvalue weighted by Gasteiger charge is -2.25. The van der Waals surface area contributed by atoms with E-state index in [9.17, 15) is 14.9 Å². The smallest absolute Gasteiger partial charge is 0.269 e. The van der Waals surface area contributed by atoms with Crippen LogP contribution < -0.4 is 5.73 Å². The molecule has 90 valence electrons. The molecule has 1 saturated carbocycles. The Bertz CT molecular complexity index is 447. The molecule has 17 heavy (non-hydrogen) atoms. The van der Waals surface area contributed by atoms with E-state index in [1.54, 1.807) is 12.1 Å². The molecule has 0 saturated heterocycles. The fourth-order valence-corrected chi connectivity index (χ4v) is 2.56. The third-order valence-corrected chi connectivity index (χ3v) is 3.56. The number of carbonyl (C=O) groups is 1. The van der Waals surface area contributed by atoms with E-state index in [1.807, 2.05) is 0 Å². The molecule has 0 unspecified atom stereocenters. The van der Waals surface area contributed by atoms with Crippen LogP contribution in [0.3, 0.4) is 0 Å². The van der Waals surface area contributed by atoms with Gasteiger partial charge in [0.15, 0.2) is 0 Å². The van der Waals surface area contributed by atoms with Gasteiger partial charge in [-0.3, -0.25) is 14.9 Å². The first-order valence-corrected chi connectivity index (χ1v) is 5.61. The van der Waals surface area contributed by atoms with Crippen LogP contribution in [0.25, 0.3) is 0 Å². The third-order valence-electron chi connectivity index (χ3n) is 3.56. The van der Waals surface area contributed by atoms with Crippen LogP contribution in [0.5, 0.6) is 0 Å². The van der Waals surface area contributed by atoms with Crippen molar-refractivity contribution in [2.24, 2.45) is 5.73 Å². The highest BCUT2D eigenvalue weighted by Crippen LogP contribution is 2.41. The van der Waals surface area contributed by atoms with Crippen LogP contribution in [-0.2, 0) is 10.2 Å². The number of amides is 1. The van der Waals surface area contributed by atoms with Crippen molar-refractivity contribution in [3.8, 4) is 0 Å². The quantitative estimate of drug-likeness (QED) is 0.640. The molecule has 1 aliphatic carbocycles. The fraction of sp³-hybridized carbons (Fsp3) is 0.417. The van der Waals surface area contributed by atoms with Crippen molar-refractivity contribution < 1.29 is 9.72 Å². The molecule has 0 atom stereocenters. The molecule has 1 fully saturated rings. The summed E-state index contributed by atoms with van der Waals surface area (Å²) >= 11 is 0. The van der Waals surface area contributed by atoms with Gasteiger partial charge in [0, 0.05) is 12.1 Å². The molecular weight excluding hydrogens is 220 g/mol. The maximum absolute atomic E-state index is 11.6. The topological polar surface area (TPSA) is 86.2 Å². The second kappa shape index (κ2) is 4.16. The molecule has 1 aromatic carbocycles. The van der Waals surface area contributed by atoms with Crippen molar-refractivity contribution in [1.82, 2.24) is 0 Å². The molecule has 1 aliphatic rings. The van der Waals surface area contributed by atoms with E-state index in [1.165, 1.54) is 12.1 Å². The van der Waals surface area contributed by atoms with Crippen molar-refractivity contribution in [2.75, 3.05) is 0 Å². The molecule has 2 N–H and O–H groups in total. The number of benzene rings is 1. The molecule has 0 heterocycles. The first kappa shape index (κ1) is 11.6. The summed E-state index contributed by atoms with van der Waals surface area (Å²) in [5, 5.41) is 10.6. The number of nitro benzene ring substituents is 1. The van der Waals surface area contributed by atoms with Crippen LogP contribution in [0.4, 0.5) is 5.69 Å². The minimum Gasteiger partial charge on any atom is -0.369 e. The normalized spacial score (nSPS) is 17.9. The first-order valence-electron chi connectivity index (χ1n) is 5.61. The zero-order valence-corrected chi connectivity index (χ0v) is 9.39. The van der Waals surface area contributed by atoms with E-state index in [-0.39, 0.29) is 11.6 Å². The van der Waals surface area contributed by atoms with E-state index in [0.717, 1.165) is 31.2 Å². The van der Waals surface area contributed by atoms with Crippen LogP contribution in [0.1, 0.15) is 31.2 Å². The summed E-state index contributed by atoms with van der Waals surface area (Å²) in [7, 11) is 0. The SMILES string of the molecule is NC(=O)C1(c2ccc([N+](=O)[O-])cc2)CCCC1. The summed E-state index contributed by atoms with van der Waals surface area (Å²) in [6.07, 6.45) is 3.42. The van der Waals surface area contributed by atoms with Gasteiger partial charge in [0.2, 0.25) is 5.91 Å². The molecule has 1 aromatic rings. The Morgan fingerprint density at radius 3 is 2.18 bits per heavy atom. The lowest BCUT2D eigenvalue weighted by molar-refractivity contribution is -0.384. The number of primary amides is 1. The monoisotopic (exact) mass is 234 g/mol. The molecule has 1 amide bonds. The van der Waals surface area contributed by atoms with E-state index in [0.29, 0.717) is 0 Å². The van der Waals surface area contributed by atoms with Gasteiger partial charge in [-0.25, -0.2) is 0 Å². The predicted octanol–water partition coefficient (Wildman–Crippen LogP) is 1.89. The van der Waals surface area contributed by atoms with Gasteiger partial charge in [0.25, 0.3) is 5.69 Å². The Morgan fingerprint density at radius 1 is 1.24 bits per heavy atom. The van der Waals surface area contributed by atoms with Gasteiger partial charge in [0.05, 0.1) is 10.3 Å². The largest absolute Gasteiger partial charge is 0.369 e. The summed E-state index contributed by atoms with van der Waals surface area (Å²) in [6, 6.07) is 6.15. The number of nitro groups is 1. The predicted molar refractivity (Wildman–Crippen MR) is 62.4 cm³/mol. The second-order valence-corrected chi connectivity index (χ2v) is 4.46. The van der Waals surface area contributed by atoms with Gasteiger partial charge in [0.1, 0.15) is 0 Å². The van der Waals surface area contributed by atoms with E-state index in [4.69, 9.17) is 5.73 Å². The van der Waals surface area contributed by atoms with E-state index in [2.05, 4.69) is 0 Å². The number of rotatable bonds is 3. The minimum atomic E-state index is -0.616. The van der Waals surface area contributed by atoms with Gasteiger partial charge in [-0.1, -0.05) is 25.0 Å². The number of hydrogen-bond acceptors (Lipinski definition) is 3. The second-order valence-electron chi connectivity index (χ2n) is 4.46. The third kappa shape index (κ3) is 1.88. The summed E-state index contributed by atoms with van der Waals surface area (Å²) < 4.78 is 0. The van der Waals surface area contributed by atoms with Gasteiger partial charge < -0.3 is 5.73 Å². The maximum Gasteiger partial charge on any atom is 0.269 e. The van der Waals surface area contributed by atoms with Crippen LogP contribution >= 0.6 is 0 Å². The molecule has 2 rings (SSSR count). The molecule has 5 heteroatoms. The van der Waals surface area contributed by atoms with E-state index < -0.39 is 10.3 Å². The molecular formula is C12H14N2O3. The van der Waals surface area contributed by atoms with Crippen molar-refractivity contribution in [3.05, 3.63) is 39.9 Å². The Labute approximate surface area is 98.8 Å². The zero-order chi connectivity index (χ0) is 12.5. The zero-order valence-electron chi connectivity index (χ0n) is 9.39. The lowest BCUT2D eigenvalue weighted by atomic mass is 9.78. The Hall–Kier alpha value is -1.91. The number of nitrogens with two attached hydrogens (primary N) is 1. The molecule has 5 nitrogen and oxygen atoms in total.